The van der Waals surface area contributed by atoms with Gasteiger partial charge in [-0.05, 0) is 85.9 Å². The third-order valence-corrected chi connectivity index (χ3v) is 11.0. The summed E-state index contributed by atoms with van der Waals surface area (Å²) >= 11 is 0. The number of aliphatic hydroxyl groups is 3. The molecule has 0 aliphatic heterocycles. The Kier molecular flexibility index (Phi) is 6.17. The average Bonchev–Trinajstić information content (AvgIpc) is 3.01. The molecule has 0 aromatic carbocycles. The second kappa shape index (κ2) is 8.03. The van der Waals surface area contributed by atoms with E-state index in [1.54, 1.807) is 0 Å². The maximum absolute atomic E-state index is 11.6. The molecule has 4 aliphatic rings. The van der Waals surface area contributed by atoms with Gasteiger partial charge in [0.05, 0.1) is 17.8 Å². The first-order chi connectivity index (χ1) is 14.0. The van der Waals surface area contributed by atoms with Crippen LogP contribution in [0.15, 0.2) is 0 Å². The van der Waals surface area contributed by atoms with Crippen LogP contribution in [0.5, 0.6) is 0 Å². The van der Waals surface area contributed by atoms with Crippen LogP contribution in [0.3, 0.4) is 0 Å². The maximum Gasteiger partial charge on any atom is 0.0985 e. The van der Waals surface area contributed by atoms with Crippen molar-refractivity contribution in [1.29, 1.82) is 0 Å². The Morgan fingerprint density at radius 2 is 1.63 bits per heavy atom. The SMILES string of the molecule is CC(C)CCC[C@@H](C)[C@H]1CC[C@H]2[C@@H]3C[C@H](O)[C@@]4(O)C[C@H](O)CC[C@]4(C)[C@H]3CC[C@]12C. The van der Waals surface area contributed by atoms with Gasteiger partial charge in [-0.1, -0.05) is 53.9 Å². The molecule has 4 aliphatic carbocycles. The Balaban J connectivity index is 1.53. The van der Waals surface area contributed by atoms with E-state index in [4.69, 9.17) is 0 Å². The summed E-state index contributed by atoms with van der Waals surface area (Å²) in [7, 11) is 0. The Hall–Kier alpha value is -0.120. The van der Waals surface area contributed by atoms with Crippen LogP contribution in [0.2, 0.25) is 0 Å². The zero-order valence-corrected chi connectivity index (χ0v) is 20.2. The van der Waals surface area contributed by atoms with Gasteiger partial charge in [0, 0.05) is 11.8 Å². The number of hydrogen-bond donors (Lipinski definition) is 3. The molecule has 0 spiro atoms. The molecular weight excluding hydrogens is 372 g/mol. The van der Waals surface area contributed by atoms with Gasteiger partial charge >= 0.3 is 0 Å². The first-order valence-corrected chi connectivity index (χ1v) is 13.1. The second-order valence-corrected chi connectivity index (χ2v) is 12.9. The molecule has 0 unspecified atom stereocenters. The van der Waals surface area contributed by atoms with Crippen LogP contribution < -0.4 is 0 Å². The molecule has 0 amide bonds. The van der Waals surface area contributed by atoms with Crippen molar-refractivity contribution in [3.8, 4) is 0 Å². The van der Waals surface area contributed by atoms with Crippen LogP contribution in [-0.2, 0) is 0 Å². The van der Waals surface area contributed by atoms with Gasteiger partial charge in [0.25, 0.3) is 0 Å². The van der Waals surface area contributed by atoms with Gasteiger partial charge in [-0.3, -0.25) is 0 Å². The first kappa shape index (κ1) is 23.1. The van der Waals surface area contributed by atoms with Crippen molar-refractivity contribution in [2.24, 2.45) is 46.3 Å². The van der Waals surface area contributed by atoms with E-state index in [9.17, 15) is 15.3 Å². The van der Waals surface area contributed by atoms with E-state index in [2.05, 4.69) is 34.6 Å². The summed E-state index contributed by atoms with van der Waals surface area (Å²) in [6, 6.07) is 0. The molecule has 0 heterocycles. The minimum absolute atomic E-state index is 0.253. The molecule has 4 saturated carbocycles. The summed E-state index contributed by atoms with van der Waals surface area (Å²) in [5.41, 5.74) is -0.962. The fourth-order valence-electron chi connectivity index (χ4n) is 9.29. The van der Waals surface area contributed by atoms with E-state index < -0.39 is 17.8 Å². The lowest BCUT2D eigenvalue weighted by molar-refractivity contribution is -0.264. The lowest BCUT2D eigenvalue weighted by atomic mass is 9.42. The monoisotopic (exact) mass is 420 g/mol. The summed E-state index contributed by atoms with van der Waals surface area (Å²) in [6.07, 6.45) is 10.7. The minimum Gasteiger partial charge on any atom is -0.393 e. The molecule has 10 atom stereocenters. The van der Waals surface area contributed by atoms with Crippen molar-refractivity contribution < 1.29 is 15.3 Å². The minimum atomic E-state index is -1.11. The highest BCUT2D eigenvalue weighted by atomic mass is 16.3. The highest BCUT2D eigenvalue weighted by Crippen LogP contribution is 2.69. The normalized spacial score (nSPS) is 51.9. The molecule has 0 aromatic rings. The van der Waals surface area contributed by atoms with Gasteiger partial charge in [-0.25, -0.2) is 0 Å². The lowest BCUT2D eigenvalue weighted by Crippen LogP contribution is -2.68. The lowest BCUT2D eigenvalue weighted by Gasteiger charge is -2.65. The summed E-state index contributed by atoms with van der Waals surface area (Å²) in [5, 5.41) is 33.0. The van der Waals surface area contributed by atoms with Crippen molar-refractivity contribution in [3.63, 3.8) is 0 Å². The van der Waals surface area contributed by atoms with Crippen LogP contribution in [0, 0.1) is 46.3 Å². The maximum atomic E-state index is 11.6. The molecule has 0 saturated heterocycles. The predicted molar refractivity (Wildman–Crippen MR) is 122 cm³/mol. The van der Waals surface area contributed by atoms with E-state index >= 15 is 0 Å². The average molecular weight is 421 g/mol. The van der Waals surface area contributed by atoms with Crippen molar-refractivity contribution in [2.75, 3.05) is 0 Å². The quantitative estimate of drug-likeness (QED) is 0.546. The molecule has 174 valence electrons. The molecule has 0 bridgehead atoms. The predicted octanol–water partition coefficient (Wildman–Crippen LogP) is 5.55. The van der Waals surface area contributed by atoms with Crippen LogP contribution in [-0.4, -0.2) is 33.1 Å². The molecule has 3 nitrogen and oxygen atoms in total. The number of hydrogen-bond acceptors (Lipinski definition) is 3. The third kappa shape index (κ3) is 3.41. The van der Waals surface area contributed by atoms with E-state index in [1.807, 2.05) is 0 Å². The highest BCUT2D eigenvalue weighted by Gasteiger charge is 2.67. The second-order valence-electron chi connectivity index (χ2n) is 12.9. The summed E-state index contributed by atoms with van der Waals surface area (Å²) < 4.78 is 0. The topological polar surface area (TPSA) is 60.7 Å². The van der Waals surface area contributed by atoms with E-state index in [-0.39, 0.29) is 5.41 Å². The molecule has 30 heavy (non-hydrogen) atoms. The molecule has 3 heteroatoms. The van der Waals surface area contributed by atoms with Crippen molar-refractivity contribution in [1.82, 2.24) is 0 Å². The van der Waals surface area contributed by atoms with Crippen LogP contribution >= 0.6 is 0 Å². The van der Waals surface area contributed by atoms with Crippen LogP contribution in [0.1, 0.15) is 105 Å². The Bertz CT molecular complexity index is 619. The molecular formula is C27H48O3. The zero-order chi connectivity index (χ0) is 21.9. The third-order valence-electron chi connectivity index (χ3n) is 11.0. The van der Waals surface area contributed by atoms with E-state index in [0.29, 0.717) is 29.6 Å². The van der Waals surface area contributed by atoms with Gasteiger partial charge in [-0.2, -0.15) is 0 Å². The molecule has 0 radical (unpaired) electrons. The van der Waals surface area contributed by atoms with Crippen molar-refractivity contribution in [3.05, 3.63) is 0 Å². The van der Waals surface area contributed by atoms with Crippen LogP contribution in [0.4, 0.5) is 0 Å². The van der Waals surface area contributed by atoms with Crippen LogP contribution in [0.25, 0.3) is 0 Å². The van der Waals surface area contributed by atoms with Crippen molar-refractivity contribution >= 4 is 0 Å². The molecule has 4 fully saturated rings. The van der Waals surface area contributed by atoms with E-state index in [0.717, 1.165) is 37.0 Å². The van der Waals surface area contributed by atoms with Gasteiger partial charge < -0.3 is 15.3 Å². The Labute approximate surface area is 185 Å². The van der Waals surface area contributed by atoms with Crippen molar-refractivity contribution in [2.45, 2.75) is 123 Å². The standard InChI is InChI=1S/C27H48O3/c1-17(2)7-6-8-18(3)21-9-10-22-20-15-24(29)27(30)16-19(28)11-14-26(27,5)23(20)12-13-25(21,22)4/h17-24,28-30H,6-16H2,1-5H3/t18-,19-,20+,21-,22+,23+,24+,25-,26-,27+/m1/s1. The molecule has 4 rings (SSSR count). The Morgan fingerprint density at radius 3 is 2.33 bits per heavy atom. The molecule has 0 aromatic heterocycles. The Morgan fingerprint density at radius 1 is 0.900 bits per heavy atom. The first-order valence-electron chi connectivity index (χ1n) is 13.1. The summed E-state index contributed by atoms with van der Waals surface area (Å²) in [6.45, 7) is 12.0. The molecule has 3 N–H and O–H groups in total. The largest absolute Gasteiger partial charge is 0.393 e. The van der Waals surface area contributed by atoms with Gasteiger partial charge in [0.1, 0.15) is 0 Å². The van der Waals surface area contributed by atoms with Gasteiger partial charge in [0.15, 0.2) is 0 Å². The number of fused-ring (bicyclic) bond motifs is 5. The summed E-state index contributed by atoms with van der Waals surface area (Å²) in [4.78, 5) is 0. The summed E-state index contributed by atoms with van der Waals surface area (Å²) in [5.74, 6) is 4.13. The van der Waals surface area contributed by atoms with E-state index in [1.165, 1.54) is 44.9 Å². The van der Waals surface area contributed by atoms with Gasteiger partial charge in [-0.15, -0.1) is 0 Å². The zero-order valence-electron chi connectivity index (χ0n) is 20.2. The van der Waals surface area contributed by atoms with Gasteiger partial charge in [0.2, 0.25) is 0 Å². The number of aliphatic hydroxyl groups excluding tert-OH is 2. The highest BCUT2D eigenvalue weighted by molar-refractivity contribution is 5.17. The fraction of sp³-hybridized carbons (Fsp3) is 1.00. The fourth-order valence-corrected chi connectivity index (χ4v) is 9.29. The number of rotatable bonds is 5. The smallest absolute Gasteiger partial charge is 0.0985 e.